The fourth-order valence-electron chi connectivity index (χ4n) is 1.84. The molecule has 1 aromatic carbocycles. The van der Waals surface area contributed by atoms with E-state index in [9.17, 15) is 14.4 Å². The summed E-state index contributed by atoms with van der Waals surface area (Å²) in [7, 11) is 0. The molecule has 132 valence electrons. The van der Waals surface area contributed by atoms with E-state index in [1.807, 2.05) is 25.1 Å². The lowest BCUT2D eigenvalue weighted by atomic mass is 10.1. The van der Waals surface area contributed by atoms with E-state index < -0.39 is 24.1 Å². The number of unbranched alkanes of at least 4 members (excludes halogenated alkanes) is 1. The molecule has 0 fully saturated rings. The second kappa shape index (κ2) is 11.0. The van der Waals surface area contributed by atoms with Crippen LogP contribution < -0.4 is 5.32 Å². The average Bonchev–Trinajstić information content (AvgIpc) is 2.57. The first kappa shape index (κ1) is 19.5. The molecule has 1 rings (SSSR count). The van der Waals surface area contributed by atoms with Gasteiger partial charge in [0.05, 0.1) is 6.61 Å². The Kier molecular flexibility index (Phi) is 8.96. The number of amides is 1. The molecule has 24 heavy (non-hydrogen) atoms. The summed E-state index contributed by atoms with van der Waals surface area (Å²) in [5.41, 5.74) is 0.799. The molecule has 0 aliphatic heterocycles. The maximum atomic E-state index is 12.1. The number of carbonyl (C=O) groups excluding carboxylic acids is 2. The number of carboxylic acid groups (broad SMARTS) is 1. The maximum absolute atomic E-state index is 12.1. The fourth-order valence-corrected chi connectivity index (χ4v) is 1.84. The van der Waals surface area contributed by atoms with E-state index in [0.717, 1.165) is 12.0 Å². The average molecular weight is 337 g/mol. The molecule has 0 aromatic heterocycles. The smallest absolute Gasteiger partial charge is 0.407 e. The van der Waals surface area contributed by atoms with Crippen LogP contribution in [0.2, 0.25) is 0 Å². The molecule has 0 saturated heterocycles. The van der Waals surface area contributed by atoms with Gasteiger partial charge in [-0.05, 0) is 18.4 Å². The number of ether oxygens (including phenoxy) is 2. The summed E-state index contributed by atoms with van der Waals surface area (Å²) in [6, 6.07) is 8.01. The minimum absolute atomic E-state index is 0.0514. The van der Waals surface area contributed by atoms with Gasteiger partial charge in [0.25, 0.3) is 0 Å². The van der Waals surface area contributed by atoms with Crippen molar-refractivity contribution in [2.75, 3.05) is 6.61 Å². The van der Waals surface area contributed by atoms with Crippen molar-refractivity contribution in [1.29, 1.82) is 0 Å². The number of carbonyl (C=O) groups is 3. The van der Waals surface area contributed by atoms with E-state index in [2.05, 4.69) is 5.32 Å². The molecule has 0 bridgehead atoms. The van der Waals surface area contributed by atoms with Crippen LogP contribution >= 0.6 is 0 Å². The van der Waals surface area contributed by atoms with Crippen molar-refractivity contribution < 1.29 is 29.0 Å². The summed E-state index contributed by atoms with van der Waals surface area (Å²) < 4.78 is 10.1. The minimum Gasteiger partial charge on any atom is -0.481 e. The van der Waals surface area contributed by atoms with Gasteiger partial charge in [-0.15, -0.1) is 0 Å². The van der Waals surface area contributed by atoms with Gasteiger partial charge in [-0.25, -0.2) is 9.59 Å². The summed E-state index contributed by atoms with van der Waals surface area (Å²) in [5, 5.41) is 11.1. The Balaban J connectivity index is 2.54. The Labute approximate surface area is 141 Å². The lowest BCUT2D eigenvalue weighted by Gasteiger charge is -2.17. The highest BCUT2D eigenvalue weighted by Crippen LogP contribution is 2.06. The van der Waals surface area contributed by atoms with Crippen LogP contribution in [0, 0.1) is 0 Å². The highest BCUT2D eigenvalue weighted by atomic mass is 16.6. The number of alkyl carbamates (subject to hydrolysis) is 1. The van der Waals surface area contributed by atoms with Gasteiger partial charge in [-0.1, -0.05) is 43.7 Å². The fraction of sp³-hybridized carbons (Fsp3) is 0.471. The van der Waals surface area contributed by atoms with E-state index in [4.69, 9.17) is 14.6 Å². The number of nitrogens with one attached hydrogen (secondary N) is 1. The molecule has 0 radical (unpaired) electrons. The van der Waals surface area contributed by atoms with E-state index in [-0.39, 0.29) is 26.1 Å². The van der Waals surface area contributed by atoms with Crippen molar-refractivity contribution in [2.24, 2.45) is 0 Å². The van der Waals surface area contributed by atoms with Gasteiger partial charge in [0.15, 0.2) is 0 Å². The lowest BCUT2D eigenvalue weighted by Crippen LogP contribution is -2.42. The van der Waals surface area contributed by atoms with Crippen LogP contribution in [0.5, 0.6) is 0 Å². The Hall–Kier alpha value is -2.57. The van der Waals surface area contributed by atoms with Crippen LogP contribution in [0.3, 0.4) is 0 Å². The van der Waals surface area contributed by atoms with Crippen molar-refractivity contribution in [3.63, 3.8) is 0 Å². The summed E-state index contributed by atoms with van der Waals surface area (Å²) in [5.74, 6) is -1.75. The SMILES string of the molecule is CCCCOC(=O)NC(CCC(=O)O)C(=O)OCc1ccccc1. The molecule has 0 saturated carbocycles. The lowest BCUT2D eigenvalue weighted by molar-refractivity contribution is -0.148. The van der Waals surface area contributed by atoms with Crippen LogP contribution in [0.25, 0.3) is 0 Å². The van der Waals surface area contributed by atoms with Crippen LogP contribution in [-0.4, -0.2) is 35.8 Å². The standard InChI is InChI=1S/C17H23NO6/c1-2-3-11-23-17(22)18-14(9-10-15(19)20)16(21)24-12-13-7-5-4-6-8-13/h4-8,14H,2-3,9-12H2,1H3,(H,18,22)(H,19,20). The van der Waals surface area contributed by atoms with Crippen molar-refractivity contribution in [1.82, 2.24) is 5.32 Å². The summed E-state index contributed by atoms with van der Waals surface area (Å²) in [6.45, 7) is 2.25. The zero-order valence-corrected chi connectivity index (χ0v) is 13.7. The second-order valence-electron chi connectivity index (χ2n) is 5.21. The number of benzene rings is 1. The van der Waals surface area contributed by atoms with Gasteiger partial charge >= 0.3 is 18.0 Å². The number of carboxylic acids is 1. The van der Waals surface area contributed by atoms with Crippen molar-refractivity contribution in [3.8, 4) is 0 Å². The van der Waals surface area contributed by atoms with E-state index >= 15 is 0 Å². The molecule has 2 N–H and O–H groups in total. The van der Waals surface area contributed by atoms with Gasteiger partial charge in [0.1, 0.15) is 12.6 Å². The predicted octanol–water partition coefficient (Wildman–Crippen LogP) is 2.49. The molecule has 1 atom stereocenters. The Morgan fingerprint density at radius 1 is 1.17 bits per heavy atom. The molecule has 1 unspecified atom stereocenters. The highest BCUT2D eigenvalue weighted by molar-refractivity contribution is 5.82. The van der Waals surface area contributed by atoms with Gasteiger partial charge in [-0.3, -0.25) is 4.79 Å². The first-order chi connectivity index (χ1) is 11.5. The van der Waals surface area contributed by atoms with Gasteiger partial charge in [0.2, 0.25) is 0 Å². The minimum atomic E-state index is -1.06. The summed E-state index contributed by atoms with van der Waals surface area (Å²) >= 11 is 0. The highest BCUT2D eigenvalue weighted by Gasteiger charge is 2.24. The Bertz CT molecular complexity index is 531. The maximum Gasteiger partial charge on any atom is 0.407 e. The largest absolute Gasteiger partial charge is 0.481 e. The number of hydrogen-bond acceptors (Lipinski definition) is 5. The second-order valence-corrected chi connectivity index (χ2v) is 5.21. The first-order valence-corrected chi connectivity index (χ1v) is 7.88. The molecule has 0 heterocycles. The van der Waals surface area contributed by atoms with Crippen LogP contribution in [0.15, 0.2) is 30.3 Å². The zero-order chi connectivity index (χ0) is 17.8. The Morgan fingerprint density at radius 2 is 1.88 bits per heavy atom. The number of hydrogen-bond donors (Lipinski definition) is 2. The van der Waals surface area contributed by atoms with E-state index in [0.29, 0.717) is 6.42 Å². The third-order valence-corrected chi connectivity index (χ3v) is 3.18. The van der Waals surface area contributed by atoms with E-state index in [1.165, 1.54) is 0 Å². The summed E-state index contributed by atoms with van der Waals surface area (Å²) in [6.07, 6.45) is 0.502. The van der Waals surface area contributed by atoms with Crippen LogP contribution in [-0.2, 0) is 25.7 Å². The molecule has 0 spiro atoms. The topological polar surface area (TPSA) is 102 Å². The molecule has 7 heteroatoms. The van der Waals surface area contributed by atoms with Crippen LogP contribution in [0.4, 0.5) is 4.79 Å². The van der Waals surface area contributed by atoms with Gasteiger partial charge in [0, 0.05) is 6.42 Å². The Morgan fingerprint density at radius 3 is 2.50 bits per heavy atom. The van der Waals surface area contributed by atoms with Crippen molar-refractivity contribution >= 4 is 18.0 Å². The summed E-state index contributed by atoms with van der Waals surface area (Å²) in [4.78, 5) is 34.5. The third-order valence-electron chi connectivity index (χ3n) is 3.18. The molecular weight excluding hydrogens is 314 g/mol. The molecule has 1 aromatic rings. The van der Waals surface area contributed by atoms with Crippen molar-refractivity contribution in [2.45, 2.75) is 45.3 Å². The third kappa shape index (κ3) is 8.17. The molecular formula is C17H23NO6. The van der Waals surface area contributed by atoms with Crippen LogP contribution in [0.1, 0.15) is 38.2 Å². The number of esters is 1. The van der Waals surface area contributed by atoms with Gasteiger partial charge < -0.3 is 19.9 Å². The van der Waals surface area contributed by atoms with Crippen molar-refractivity contribution in [3.05, 3.63) is 35.9 Å². The zero-order valence-electron chi connectivity index (χ0n) is 13.7. The predicted molar refractivity (Wildman–Crippen MR) is 86.3 cm³/mol. The number of rotatable bonds is 10. The molecule has 0 aliphatic carbocycles. The molecule has 1 amide bonds. The van der Waals surface area contributed by atoms with Gasteiger partial charge in [-0.2, -0.15) is 0 Å². The normalized spacial score (nSPS) is 11.4. The quantitative estimate of drug-likeness (QED) is 0.502. The number of aliphatic carboxylic acids is 1. The molecule has 0 aliphatic rings. The first-order valence-electron chi connectivity index (χ1n) is 7.88. The van der Waals surface area contributed by atoms with E-state index in [1.54, 1.807) is 12.1 Å². The monoisotopic (exact) mass is 337 g/mol. The molecule has 7 nitrogen and oxygen atoms in total.